The van der Waals surface area contributed by atoms with Crippen molar-refractivity contribution in [2.24, 2.45) is 0 Å². The lowest BCUT2D eigenvalue weighted by molar-refractivity contribution is 0.252. The second-order valence-electron chi connectivity index (χ2n) is 4.55. The van der Waals surface area contributed by atoms with Gasteiger partial charge >= 0.3 is 0 Å². The molecule has 2 heterocycles. The molecule has 1 aromatic heterocycles. The summed E-state index contributed by atoms with van der Waals surface area (Å²) in [5.41, 5.74) is 0.648. The molecule has 4 heteroatoms. The largest absolute Gasteiger partial charge is 0.356 e. The first-order chi connectivity index (χ1) is 8.20. The maximum atomic E-state index is 5.35. The van der Waals surface area contributed by atoms with Crippen LogP contribution in [0.3, 0.4) is 0 Å². The predicted molar refractivity (Wildman–Crippen MR) is 68.9 cm³/mol. The summed E-state index contributed by atoms with van der Waals surface area (Å²) >= 11 is 0. The molecule has 0 aromatic carbocycles. The van der Waals surface area contributed by atoms with Gasteiger partial charge in [-0.25, -0.2) is 9.97 Å². The molecule has 17 heavy (non-hydrogen) atoms. The van der Waals surface area contributed by atoms with Gasteiger partial charge < -0.3 is 9.80 Å². The average molecular weight is 230 g/mol. The normalized spacial score (nSPS) is 17.7. The van der Waals surface area contributed by atoms with E-state index in [9.17, 15) is 0 Å². The summed E-state index contributed by atoms with van der Waals surface area (Å²) in [6.45, 7) is 2.28. The van der Waals surface area contributed by atoms with Crippen LogP contribution in [0.4, 0.5) is 5.82 Å². The highest BCUT2D eigenvalue weighted by molar-refractivity contribution is 5.43. The third kappa shape index (κ3) is 2.75. The molecule has 0 atom stereocenters. The van der Waals surface area contributed by atoms with Crippen molar-refractivity contribution in [2.45, 2.75) is 18.9 Å². The van der Waals surface area contributed by atoms with Crippen molar-refractivity contribution in [1.82, 2.24) is 14.9 Å². The molecule has 0 N–H and O–H groups in total. The molecule has 4 nitrogen and oxygen atoms in total. The number of anilines is 1. The van der Waals surface area contributed by atoms with Crippen LogP contribution >= 0.6 is 0 Å². The summed E-state index contributed by atoms with van der Waals surface area (Å²) in [5, 5.41) is 0. The number of nitrogens with zero attached hydrogens (tertiary/aromatic N) is 4. The van der Waals surface area contributed by atoms with Gasteiger partial charge in [0.05, 0.1) is 0 Å². The van der Waals surface area contributed by atoms with E-state index in [1.165, 1.54) is 19.2 Å². The van der Waals surface area contributed by atoms with Crippen LogP contribution in [-0.2, 0) is 0 Å². The van der Waals surface area contributed by atoms with Gasteiger partial charge in [-0.15, -0.1) is 6.42 Å². The number of likely N-dealkylation sites (tertiary alicyclic amines) is 1. The van der Waals surface area contributed by atoms with E-state index in [4.69, 9.17) is 6.42 Å². The van der Waals surface area contributed by atoms with Gasteiger partial charge in [0.1, 0.15) is 17.8 Å². The Morgan fingerprint density at radius 1 is 1.41 bits per heavy atom. The zero-order valence-corrected chi connectivity index (χ0v) is 10.4. The van der Waals surface area contributed by atoms with Gasteiger partial charge in [0, 0.05) is 19.2 Å². The molecule has 90 valence electrons. The zero-order chi connectivity index (χ0) is 12.3. The first-order valence-corrected chi connectivity index (χ1v) is 5.90. The van der Waals surface area contributed by atoms with E-state index in [1.807, 2.05) is 6.07 Å². The smallest absolute Gasteiger partial charge is 0.133 e. The van der Waals surface area contributed by atoms with E-state index in [1.54, 1.807) is 0 Å². The molecule has 1 saturated heterocycles. The minimum Gasteiger partial charge on any atom is -0.356 e. The molecular weight excluding hydrogens is 212 g/mol. The molecule has 0 spiro atoms. The summed E-state index contributed by atoms with van der Waals surface area (Å²) in [4.78, 5) is 12.9. The van der Waals surface area contributed by atoms with Crippen LogP contribution < -0.4 is 4.90 Å². The molecule has 1 fully saturated rings. The van der Waals surface area contributed by atoms with Crippen molar-refractivity contribution >= 4 is 5.82 Å². The van der Waals surface area contributed by atoms with Crippen molar-refractivity contribution < 1.29 is 0 Å². The van der Waals surface area contributed by atoms with Gasteiger partial charge in [0.2, 0.25) is 0 Å². The second kappa shape index (κ2) is 5.15. The van der Waals surface area contributed by atoms with Gasteiger partial charge in [0.15, 0.2) is 0 Å². The lowest BCUT2D eigenvalue weighted by Gasteiger charge is -2.35. The van der Waals surface area contributed by atoms with Crippen molar-refractivity contribution in [2.75, 3.05) is 32.1 Å². The Balaban J connectivity index is 2.08. The molecular formula is C13H18N4. The maximum absolute atomic E-state index is 5.35. The Kier molecular flexibility index (Phi) is 3.60. The number of aromatic nitrogens is 2. The zero-order valence-electron chi connectivity index (χ0n) is 10.4. The van der Waals surface area contributed by atoms with Crippen LogP contribution in [0.1, 0.15) is 18.5 Å². The molecule has 0 saturated carbocycles. The van der Waals surface area contributed by atoms with E-state index < -0.39 is 0 Å². The number of hydrogen-bond donors (Lipinski definition) is 0. The number of rotatable bonds is 2. The molecule has 0 unspecified atom stereocenters. The first kappa shape index (κ1) is 11.9. The van der Waals surface area contributed by atoms with Crippen molar-refractivity contribution in [3.8, 4) is 12.3 Å². The summed E-state index contributed by atoms with van der Waals surface area (Å²) in [6.07, 6.45) is 9.23. The van der Waals surface area contributed by atoms with Crippen LogP contribution in [0.15, 0.2) is 12.4 Å². The summed E-state index contributed by atoms with van der Waals surface area (Å²) in [6, 6.07) is 2.42. The van der Waals surface area contributed by atoms with E-state index >= 15 is 0 Å². The fraction of sp³-hybridized carbons (Fsp3) is 0.538. The fourth-order valence-electron chi connectivity index (χ4n) is 2.19. The molecule has 1 aliphatic rings. The lowest BCUT2D eigenvalue weighted by atomic mass is 10.0. The van der Waals surface area contributed by atoms with Crippen LogP contribution in [0.25, 0.3) is 0 Å². The number of hydrogen-bond acceptors (Lipinski definition) is 4. The van der Waals surface area contributed by atoms with Gasteiger partial charge in [-0.1, -0.05) is 5.92 Å². The van der Waals surface area contributed by atoms with Crippen LogP contribution in [0, 0.1) is 12.3 Å². The Hall–Kier alpha value is -1.60. The Morgan fingerprint density at radius 2 is 2.12 bits per heavy atom. The monoisotopic (exact) mass is 230 g/mol. The van der Waals surface area contributed by atoms with E-state index in [2.05, 4.69) is 39.8 Å². The number of terminal acetylenes is 1. The van der Waals surface area contributed by atoms with Gasteiger partial charge in [-0.2, -0.15) is 0 Å². The SMILES string of the molecule is C#Cc1cc(N(C)C2CCN(C)CC2)ncn1. The Bertz CT molecular complexity index is 416. The highest BCUT2D eigenvalue weighted by Gasteiger charge is 2.21. The maximum Gasteiger partial charge on any atom is 0.133 e. The topological polar surface area (TPSA) is 32.3 Å². The van der Waals surface area contributed by atoms with Crippen LogP contribution in [0.5, 0.6) is 0 Å². The fourth-order valence-corrected chi connectivity index (χ4v) is 2.19. The number of piperidine rings is 1. The lowest BCUT2D eigenvalue weighted by Crippen LogP contribution is -2.42. The van der Waals surface area contributed by atoms with Crippen LogP contribution in [0.2, 0.25) is 0 Å². The standard InChI is InChI=1S/C13H18N4/c1-4-11-9-13(15-10-14-11)17(3)12-5-7-16(2)8-6-12/h1,9-10,12H,5-8H2,2-3H3. The highest BCUT2D eigenvalue weighted by atomic mass is 15.2. The summed E-state index contributed by atoms with van der Waals surface area (Å²) in [5.74, 6) is 3.47. The molecule has 1 aliphatic heterocycles. The molecule has 0 aliphatic carbocycles. The van der Waals surface area contributed by atoms with E-state index in [0.29, 0.717) is 11.7 Å². The molecule has 0 amide bonds. The molecule has 2 rings (SSSR count). The predicted octanol–water partition coefficient (Wildman–Crippen LogP) is 0.988. The van der Waals surface area contributed by atoms with Crippen molar-refractivity contribution in [3.05, 3.63) is 18.1 Å². The Morgan fingerprint density at radius 3 is 2.76 bits per heavy atom. The van der Waals surface area contributed by atoms with Crippen molar-refractivity contribution in [3.63, 3.8) is 0 Å². The summed E-state index contributed by atoms with van der Waals surface area (Å²) < 4.78 is 0. The Labute approximate surface area is 103 Å². The third-order valence-electron chi connectivity index (χ3n) is 3.40. The first-order valence-electron chi connectivity index (χ1n) is 5.90. The third-order valence-corrected chi connectivity index (χ3v) is 3.40. The van der Waals surface area contributed by atoms with E-state index in [0.717, 1.165) is 18.9 Å². The van der Waals surface area contributed by atoms with Gasteiger partial charge in [-0.05, 0) is 33.0 Å². The van der Waals surface area contributed by atoms with Gasteiger partial charge in [0.25, 0.3) is 0 Å². The molecule has 0 bridgehead atoms. The average Bonchev–Trinajstić information content (AvgIpc) is 2.39. The quantitative estimate of drug-likeness (QED) is 0.709. The van der Waals surface area contributed by atoms with Crippen LogP contribution in [-0.4, -0.2) is 48.1 Å². The minimum absolute atomic E-state index is 0.548. The molecule has 1 aromatic rings. The summed E-state index contributed by atoms with van der Waals surface area (Å²) in [7, 11) is 4.25. The molecule has 0 radical (unpaired) electrons. The second-order valence-corrected chi connectivity index (χ2v) is 4.55. The minimum atomic E-state index is 0.548. The highest BCUT2D eigenvalue weighted by Crippen LogP contribution is 2.19. The van der Waals surface area contributed by atoms with Gasteiger partial charge in [-0.3, -0.25) is 0 Å². The van der Waals surface area contributed by atoms with E-state index in [-0.39, 0.29) is 0 Å². The van der Waals surface area contributed by atoms with Crippen molar-refractivity contribution in [1.29, 1.82) is 0 Å².